The average molecular weight is 255 g/mol. The van der Waals surface area contributed by atoms with E-state index in [0.717, 1.165) is 17.7 Å². The number of hydrogen-bond acceptors (Lipinski definition) is 3. The zero-order valence-electron chi connectivity index (χ0n) is 11.2. The molecule has 6 heteroatoms. The lowest BCUT2D eigenvalue weighted by atomic mass is 9.88. The zero-order valence-corrected chi connectivity index (χ0v) is 11.2. The molecular formula is C12H21N3O3. The maximum Gasteiger partial charge on any atom is 0.325 e. The van der Waals surface area contributed by atoms with Crippen molar-refractivity contribution in [2.45, 2.75) is 45.1 Å². The predicted molar refractivity (Wildman–Crippen MR) is 66.9 cm³/mol. The molecule has 1 saturated heterocycles. The summed E-state index contributed by atoms with van der Waals surface area (Å²) < 4.78 is 0. The summed E-state index contributed by atoms with van der Waals surface area (Å²) in [6, 6.07) is -0.467. The first-order valence-corrected chi connectivity index (χ1v) is 6.35. The van der Waals surface area contributed by atoms with Crippen LogP contribution in [0.2, 0.25) is 0 Å². The van der Waals surface area contributed by atoms with Crippen LogP contribution in [0, 0.1) is 0 Å². The molecule has 1 heterocycles. The fourth-order valence-corrected chi connectivity index (χ4v) is 2.36. The summed E-state index contributed by atoms with van der Waals surface area (Å²) >= 11 is 0. The van der Waals surface area contributed by atoms with Crippen LogP contribution in [0.3, 0.4) is 0 Å². The Balaban J connectivity index is 2.89. The minimum atomic E-state index is -0.811. The van der Waals surface area contributed by atoms with Crippen LogP contribution in [0.1, 0.15) is 39.5 Å². The standard InChI is InChI=1S/C12H21N3O3/c1-4-6-12(7-5-2)10(17)15(11(18)14-12)8-9(16)13-3/h4-8H2,1-3H3,(H,13,16)(H,14,18). The molecule has 2 N–H and O–H groups in total. The molecule has 6 nitrogen and oxygen atoms in total. The molecule has 0 atom stereocenters. The Labute approximate surface area is 107 Å². The van der Waals surface area contributed by atoms with Crippen molar-refractivity contribution in [2.75, 3.05) is 13.6 Å². The molecule has 0 spiro atoms. The van der Waals surface area contributed by atoms with Crippen LogP contribution in [0.25, 0.3) is 0 Å². The van der Waals surface area contributed by atoms with E-state index in [1.165, 1.54) is 7.05 Å². The van der Waals surface area contributed by atoms with E-state index in [4.69, 9.17) is 0 Å². The van der Waals surface area contributed by atoms with E-state index in [1.54, 1.807) is 0 Å². The molecule has 0 saturated carbocycles. The highest BCUT2D eigenvalue weighted by molar-refractivity contribution is 6.08. The van der Waals surface area contributed by atoms with Crippen LogP contribution >= 0.6 is 0 Å². The first-order chi connectivity index (χ1) is 8.50. The number of amides is 4. The van der Waals surface area contributed by atoms with E-state index in [0.29, 0.717) is 12.8 Å². The zero-order chi connectivity index (χ0) is 13.8. The highest BCUT2D eigenvalue weighted by atomic mass is 16.2. The van der Waals surface area contributed by atoms with Crippen molar-refractivity contribution in [3.8, 4) is 0 Å². The number of likely N-dealkylation sites (N-methyl/N-ethyl adjacent to an activating group) is 1. The Morgan fingerprint density at radius 2 is 1.83 bits per heavy atom. The minimum Gasteiger partial charge on any atom is -0.358 e. The number of nitrogens with zero attached hydrogens (tertiary/aromatic N) is 1. The van der Waals surface area contributed by atoms with E-state index < -0.39 is 11.6 Å². The van der Waals surface area contributed by atoms with Crippen molar-refractivity contribution in [2.24, 2.45) is 0 Å². The Morgan fingerprint density at radius 3 is 2.28 bits per heavy atom. The first kappa shape index (κ1) is 14.5. The summed E-state index contributed by atoms with van der Waals surface area (Å²) in [4.78, 5) is 36.5. The molecule has 0 radical (unpaired) electrons. The normalized spacial score (nSPS) is 17.8. The summed E-state index contributed by atoms with van der Waals surface area (Å²) in [7, 11) is 1.48. The second kappa shape index (κ2) is 5.84. The van der Waals surface area contributed by atoms with Gasteiger partial charge in [0.15, 0.2) is 0 Å². The average Bonchev–Trinajstić information content (AvgIpc) is 2.55. The molecule has 18 heavy (non-hydrogen) atoms. The van der Waals surface area contributed by atoms with Crippen LogP contribution < -0.4 is 10.6 Å². The van der Waals surface area contributed by atoms with Crippen LogP contribution in [0.4, 0.5) is 4.79 Å². The van der Waals surface area contributed by atoms with Gasteiger partial charge >= 0.3 is 6.03 Å². The summed E-state index contributed by atoms with van der Waals surface area (Å²) in [5.74, 6) is -0.623. The lowest BCUT2D eigenvalue weighted by Gasteiger charge is -2.25. The smallest absolute Gasteiger partial charge is 0.325 e. The summed E-state index contributed by atoms with van der Waals surface area (Å²) in [6.07, 6.45) is 2.82. The summed E-state index contributed by atoms with van der Waals surface area (Å²) in [5.41, 5.74) is -0.811. The van der Waals surface area contributed by atoms with Crippen LogP contribution in [-0.4, -0.2) is 41.9 Å². The van der Waals surface area contributed by atoms with Crippen LogP contribution in [-0.2, 0) is 9.59 Å². The molecule has 1 aliphatic heterocycles. The number of nitrogens with one attached hydrogen (secondary N) is 2. The molecule has 102 valence electrons. The number of carbonyl (C=O) groups excluding carboxylic acids is 3. The number of carbonyl (C=O) groups is 3. The lowest BCUT2D eigenvalue weighted by molar-refractivity contribution is -0.135. The molecule has 0 aromatic rings. The number of hydrogen-bond donors (Lipinski definition) is 2. The van der Waals surface area contributed by atoms with Gasteiger partial charge in [0.1, 0.15) is 12.1 Å². The highest BCUT2D eigenvalue weighted by Crippen LogP contribution is 2.27. The molecule has 1 fully saturated rings. The van der Waals surface area contributed by atoms with Gasteiger partial charge in [-0.25, -0.2) is 4.79 Å². The minimum absolute atomic E-state index is 0.212. The van der Waals surface area contributed by atoms with Gasteiger partial charge in [-0.2, -0.15) is 0 Å². The van der Waals surface area contributed by atoms with Gasteiger partial charge in [-0.05, 0) is 12.8 Å². The molecule has 0 aliphatic carbocycles. The van der Waals surface area contributed by atoms with Gasteiger partial charge in [0.05, 0.1) is 0 Å². The Morgan fingerprint density at radius 1 is 1.28 bits per heavy atom. The van der Waals surface area contributed by atoms with Crippen LogP contribution in [0.15, 0.2) is 0 Å². The Kier molecular flexibility index (Phi) is 4.69. The van der Waals surface area contributed by atoms with Crippen molar-refractivity contribution in [1.82, 2.24) is 15.5 Å². The number of urea groups is 1. The molecule has 0 aromatic carbocycles. The third-order valence-electron chi connectivity index (χ3n) is 3.18. The van der Waals surface area contributed by atoms with E-state index in [9.17, 15) is 14.4 Å². The quantitative estimate of drug-likeness (QED) is 0.683. The molecule has 4 amide bonds. The number of imide groups is 1. The van der Waals surface area contributed by atoms with Gasteiger partial charge in [-0.15, -0.1) is 0 Å². The molecule has 1 aliphatic rings. The van der Waals surface area contributed by atoms with Crippen molar-refractivity contribution < 1.29 is 14.4 Å². The van der Waals surface area contributed by atoms with E-state index in [2.05, 4.69) is 10.6 Å². The fraction of sp³-hybridized carbons (Fsp3) is 0.750. The molecule has 1 rings (SSSR count). The molecule has 0 bridgehead atoms. The van der Waals surface area contributed by atoms with Gasteiger partial charge in [0.25, 0.3) is 5.91 Å². The topological polar surface area (TPSA) is 78.5 Å². The molecule has 0 unspecified atom stereocenters. The maximum atomic E-state index is 12.3. The molecular weight excluding hydrogens is 234 g/mol. The highest BCUT2D eigenvalue weighted by Gasteiger charge is 2.50. The van der Waals surface area contributed by atoms with Gasteiger partial charge in [-0.3, -0.25) is 14.5 Å². The van der Waals surface area contributed by atoms with Crippen molar-refractivity contribution in [1.29, 1.82) is 0 Å². The molecule has 0 aromatic heterocycles. The summed E-state index contributed by atoms with van der Waals surface area (Å²) in [6.45, 7) is 3.73. The van der Waals surface area contributed by atoms with E-state index >= 15 is 0 Å². The van der Waals surface area contributed by atoms with Gasteiger partial charge < -0.3 is 10.6 Å². The monoisotopic (exact) mass is 255 g/mol. The predicted octanol–water partition coefficient (Wildman–Crippen LogP) is 0.623. The maximum absolute atomic E-state index is 12.3. The third kappa shape index (κ3) is 2.63. The number of rotatable bonds is 6. The third-order valence-corrected chi connectivity index (χ3v) is 3.18. The van der Waals surface area contributed by atoms with Crippen molar-refractivity contribution in [3.63, 3.8) is 0 Å². The fourth-order valence-electron chi connectivity index (χ4n) is 2.36. The Hall–Kier alpha value is -1.59. The second-order valence-electron chi connectivity index (χ2n) is 4.58. The van der Waals surface area contributed by atoms with E-state index in [-0.39, 0.29) is 18.4 Å². The second-order valence-corrected chi connectivity index (χ2v) is 4.58. The SMILES string of the molecule is CCCC1(CCC)NC(=O)N(CC(=O)NC)C1=O. The van der Waals surface area contributed by atoms with Crippen LogP contribution in [0.5, 0.6) is 0 Å². The van der Waals surface area contributed by atoms with Gasteiger partial charge in [0.2, 0.25) is 5.91 Å². The van der Waals surface area contributed by atoms with Crippen molar-refractivity contribution >= 4 is 17.8 Å². The van der Waals surface area contributed by atoms with Crippen molar-refractivity contribution in [3.05, 3.63) is 0 Å². The lowest BCUT2D eigenvalue weighted by Crippen LogP contribution is -2.47. The van der Waals surface area contributed by atoms with Gasteiger partial charge in [0, 0.05) is 7.05 Å². The first-order valence-electron chi connectivity index (χ1n) is 6.35. The largest absolute Gasteiger partial charge is 0.358 e. The Bertz CT molecular complexity index is 348. The van der Waals surface area contributed by atoms with Gasteiger partial charge in [-0.1, -0.05) is 26.7 Å². The summed E-state index contributed by atoms with van der Waals surface area (Å²) in [5, 5.41) is 5.17. The van der Waals surface area contributed by atoms with E-state index in [1.807, 2.05) is 13.8 Å².